The Kier molecular flexibility index (Phi) is 5.20. The minimum absolute atomic E-state index is 0.0449. The molecule has 1 amide bonds. The Balaban J connectivity index is 1.87. The maximum Gasteiger partial charge on any atom is 0.250 e. The third kappa shape index (κ3) is 4.48. The van der Waals surface area contributed by atoms with Crippen molar-refractivity contribution >= 4 is 28.9 Å². The van der Waals surface area contributed by atoms with Crippen molar-refractivity contribution in [1.29, 1.82) is 0 Å². The van der Waals surface area contributed by atoms with E-state index in [4.69, 9.17) is 22.1 Å². The zero-order chi connectivity index (χ0) is 15.2. The van der Waals surface area contributed by atoms with Crippen molar-refractivity contribution in [3.05, 3.63) is 59.1 Å². The van der Waals surface area contributed by atoms with Gasteiger partial charge in [-0.3, -0.25) is 4.79 Å². The van der Waals surface area contributed by atoms with E-state index in [2.05, 4.69) is 5.32 Å². The second kappa shape index (κ2) is 7.11. The summed E-state index contributed by atoms with van der Waals surface area (Å²) < 4.78 is 5.55. The first-order valence-corrected chi connectivity index (χ1v) is 6.95. The first-order chi connectivity index (χ1) is 10.1. The maximum absolute atomic E-state index is 11.9. The van der Waals surface area contributed by atoms with Crippen molar-refractivity contribution in [2.45, 2.75) is 13.0 Å². The molecule has 0 spiro atoms. The monoisotopic (exact) mass is 304 g/mol. The zero-order valence-electron chi connectivity index (χ0n) is 11.7. The van der Waals surface area contributed by atoms with Gasteiger partial charge in [0.15, 0.2) is 0 Å². The van der Waals surface area contributed by atoms with E-state index in [1.165, 1.54) is 0 Å². The van der Waals surface area contributed by atoms with Crippen LogP contribution in [0.1, 0.15) is 18.6 Å². The van der Waals surface area contributed by atoms with Crippen LogP contribution in [0.2, 0.25) is 5.02 Å². The number of ether oxygens (including phenoxy) is 1. The smallest absolute Gasteiger partial charge is 0.250 e. The fourth-order valence-electron chi connectivity index (χ4n) is 1.84. The Morgan fingerprint density at radius 2 is 2.00 bits per heavy atom. The van der Waals surface area contributed by atoms with Gasteiger partial charge < -0.3 is 15.8 Å². The normalized spacial score (nSPS) is 11.9. The number of benzene rings is 2. The molecule has 21 heavy (non-hydrogen) atoms. The average molecular weight is 305 g/mol. The van der Waals surface area contributed by atoms with Crippen LogP contribution in [0.3, 0.4) is 0 Å². The highest BCUT2D eigenvalue weighted by Crippen LogP contribution is 2.24. The third-order valence-corrected chi connectivity index (χ3v) is 3.31. The van der Waals surface area contributed by atoms with Crippen LogP contribution in [-0.2, 0) is 9.53 Å². The lowest BCUT2D eigenvalue weighted by Crippen LogP contribution is -2.19. The predicted molar refractivity (Wildman–Crippen MR) is 85.3 cm³/mol. The molecule has 5 heteroatoms. The lowest BCUT2D eigenvalue weighted by molar-refractivity contribution is -0.122. The van der Waals surface area contributed by atoms with Crippen molar-refractivity contribution in [3.8, 4) is 0 Å². The molecule has 110 valence electrons. The number of carbonyl (C=O) groups excluding carboxylic acids is 1. The van der Waals surface area contributed by atoms with E-state index in [-0.39, 0.29) is 18.6 Å². The number of carbonyl (C=O) groups is 1. The molecule has 2 aromatic rings. The summed E-state index contributed by atoms with van der Waals surface area (Å²) >= 11 is 6.00. The van der Waals surface area contributed by atoms with Crippen molar-refractivity contribution in [1.82, 2.24) is 0 Å². The molecule has 0 aliphatic carbocycles. The zero-order valence-corrected chi connectivity index (χ0v) is 12.4. The summed E-state index contributed by atoms with van der Waals surface area (Å²) in [6.45, 7) is 1.86. The van der Waals surface area contributed by atoms with Gasteiger partial charge >= 0.3 is 0 Å². The first kappa shape index (κ1) is 15.4. The summed E-state index contributed by atoms with van der Waals surface area (Å²) in [5, 5.41) is 3.10. The molecular weight excluding hydrogens is 288 g/mol. The number of nitrogens with one attached hydrogen (secondary N) is 1. The van der Waals surface area contributed by atoms with Crippen LogP contribution in [-0.4, -0.2) is 12.5 Å². The number of hydrogen-bond donors (Lipinski definition) is 2. The van der Waals surface area contributed by atoms with Crippen LogP contribution < -0.4 is 11.1 Å². The number of nitrogen functional groups attached to an aromatic ring is 1. The van der Waals surface area contributed by atoms with Crippen LogP contribution in [0.15, 0.2) is 48.5 Å². The van der Waals surface area contributed by atoms with E-state index < -0.39 is 0 Å². The van der Waals surface area contributed by atoms with E-state index in [1.54, 1.807) is 18.2 Å². The Labute approximate surface area is 128 Å². The molecule has 0 aromatic heterocycles. The summed E-state index contributed by atoms with van der Waals surface area (Å²) in [6, 6.07) is 14.6. The molecular formula is C16H17ClN2O2. The lowest BCUT2D eigenvalue weighted by Gasteiger charge is -2.13. The van der Waals surface area contributed by atoms with Crippen molar-refractivity contribution < 1.29 is 9.53 Å². The first-order valence-electron chi connectivity index (χ1n) is 6.57. The van der Waals surface area contributed by atoms with E-state index in [0.717, 1.165) is 5.56 Å². The third-order valence-electron chi connectivity index (χ3n) is 3.00. The SMILES string of the molecule is CC(OCC(=O)Nc1ccc(N)cc1Cl)c1ccccc1. The quantitative estimate of drug-likeness (QED) is 0.829. The van der Waals surface area contributed by atoms with E-state index in [0.29, 0.717) is 16.4 Å². The molecule has 0 aliphatic heterocycles. The van der Waals surface area contributed by atoms with Gasteiger partial charge in [0.05, 0.1) is 16.8 Å². The molecule has 0 aliphatic rings. The van der Waals surface area contributed by atoms with Crippen LogP contribution in [0.4, 0.5) is 11.4 Å². The van der Waals surface area contributed by atoms with Gasteiger partial charge in [0, 0.05) is 5.69 Å². The lowest BCUT2D eigenvalue weighted by atomic mass is 10.1. The number of nitrogens with two attached hydrogens (primary N) is 1. The molecule has 0 fully saturated rings. The van der Waals surface area contributed by atoms with Crippen molar-refractivity contribution in [3.63, 3.8) is 0 Å². The molecule has 1 atom stereocenters. The van der Waals surface area contributed by atoms with Gasteiger partial charge in [-0.1, -0.05) is 41.9 Å². The Hall–Kier alpha value is -2.04. The van der Waals surface area contributed by atoms with Crippen LogP contribution in [0.25, 0.3) is 0 Å². The number of hydrogen-bond acceptors (Lipinski definition) is 3. The molecule has 0 heterocycles. The Morgan fingerprint density at radius 1 is 1.29 bits per heavy atom. The van der Waals surface area contributed by atoms with Gasteiger partial charge in [-0.15, -0.1) is 0 Å². The maximum atomic E-state index is 11.9. The fraction of sp³-hybridized carbons (Fsp3) is 0.188. The van der Waals surface area contributed by atoms with Gasteiger partial charge in [-0.05, 0) is 30.7 Å². The summed E-state index contributed by atoms with van der Waals surface area (Å²) in [6.07, 6.45) is -0.154. The summed E-state index contributed by atoms with van der Waals surface area (Å²) in [7, 11) is 0. The van der Waals surface area contributed by atoms with E-state index >= 15 is 0 Å². The Bertz CT molecular complexity index is 617. The molecule has 2 aromatic carbocycles. The Morgan fingerprint density at radius 3 is 2.67 bits per heavy atom. The molecule has 1 unspecified atom stereocenters. The van der Waals surface area contributed by atoms with Gasteiger partial charge in [0.1, 0.15) is 6.61 Å². The van der Waals surface area contributed by atoms with Crippen LogP contribution in [0, 0.1) is 0 Å². The standard InChI is InChI=1S/C16H17ClN2O2/c1-11(12-5-3-2-4-6-12)21-10-16(20)19-15-8-7-13(18)9-14(15)17/h2-9,11H,10,18H2,1H3,(H,19,20). The predicted octanol–water partition coefficient (Wildman–Crippen LogP) is 3.64. The van der Waals surface area contributed by atoms with Crippen LogP contribution in [0.5, 0.6) is 0 Å². The minimum atomic E-state index is -0.260. The van der Waals surface area contributed by atoms with E-state index in [1.807, 2.05) is 37.3 Å². The molecule has 0 bridgehead atoms. The molecule has 0 saturated heterocycles. The van der Waals surface area contributed by atoms with Gasteiger partial charge in [0.25, 0.3) is 0 Å². The van der Waals surface area contributed by atoms with Crippen molar-refractivity contribution in [2.24, 2.45) is 0 Å². The average Bonchev–Trinajstić information content (AvgIpc) is 2.48. The topological polar surface area (TPSA) is 64.3 Å². The molecule has 0 radical (unpaired) electrons. The van der Waals surface area contributed by atoms with Crippen molar-refractivity contribution in [2.75, 3.05) is 17.7 Å². The molecule has 2 rings (SSSR count). The summed E-state index contributed by atoms with van der Waals surface area (Å²) in [5.41, 5.74) is 7.69. The second-order valence-corrected chi connectivity index (χ2v) is 5.06. The van der Waals surface area contributed by atoms with Gasteiger partial charge in [0.2, 0.25) is 5.91 Å². The second-order valence-electron chi connectivity index (χ2n) is 4.65. The summed E-state index contributed by atoms with van der Waals surface area (Å²) in [4.78, 5) is 11.9. The number of anilines is 2. The molecule has 3 N–H and O–H groups in total. The highest BCUT2D eigenvalue weighted by molar-refractivity contribution is 6.34. The van der Waals surface area contributed by atoms with Gasteiger partial charge in [-0.25, -0.2) is 0 Å². The van der Waals surface area contributed by atoms with E-state index in [9.17, 15) is 4.79 Å². The van der Waals surface area contributed by atoms with Crippen LogP contribution >= 0.6 is 11.6 Å². The largest absolute Gasteiger partial charge is 0.399 e. The highest BCUT2D eigenvalue weighted by Gasteiger charge is 2.10. The number of rotatable bonds is 5. The number of halogens is 1. The molecule has 4 nitrogen and oxygen atoms in total. The highest BCUT2D eigenvalue weighted by atomic mass is 35.5. The minimum Gasteiger partial charge on any atom is -0.399 e. The number of amides is 1. The summed E-state index contributed by atoms with van der Waals surface area (Å²) in [5.74, 6) is -0.260. The molecule has 0 saturated carbocycles. The fourth-order valence-corrected chi connectivity index (χ4v) is 2.08. The van der Waals surface area contributed by atoms with Gasteiger partial charge in [-0.2, -0.15) is 0 Å².